The molecule has 0 saturated carbocycles. The van der Waals surface area contributed by atoms with E-state index in [2.05, 4.69) is 15.3 Å². The van der Waals surface area contributed by atoms with Crippen LogP contribution in [-0.2, 0) is 4.79 Å². The van der Waals surface area contributed by atoms with Crippen LogP contribution in [0, 0.1) is 0 Å². The van der Waals surface area contributed by atoms with E-state index in [4.69, 9.17) is 5.11 Å². The van der Waals surface area contributed by atoms with Crippen molar-refractivity contribution in [2.75, 3.05) is 6.54 Å². The highest BCUT2D eigenvalue weighted by Crippen LogP contribution is 2.25. The van der Waals surface area contributed by atoms with Crippen molar-refractivity contribution in [3.8, 4) is 16.3 Å². The van der Waals surface area contributed by atoms with Crippen LogP contribution >= 0.6 is 11.3 Å². The van der Waals surface area contributed by atoms with Gasteiger partial charge in [-0.3, -0.25) is 9.59 Å². The van der Waals surface area contributed by atoms with Crippen LogP contribution in [0.4, 0.5) is 0 Å². The molecular formula is C11H9N3O4S. The van der Waals surface area contributed by atoms with E-state index < -0.39 is 18.4 Å². The third-order valence-corrected chi connectivity index (χ3v) is 2.98. The topological polar surface area (TPSA) is 112 Å². The van der Waals surface area contributed by atoms with Crippen LogP contribution < -0.4 is 5.32 Å². The molecule has 0 unspecified atom stereocenters. The second-order valence-electron chi connectivity index (χ2n) is 3.51. The van der Waals surface area contributed by atoms with E-state index in [1.807, 2.05) is 0 Å². The number of carboxylic acids is 1. The molecule has 0 radical (unpaired) electrons. The van der Waals surface area contributed by atoms with Gasteiger partial charge in [0.1, 0.15) is 17.3 Å². The Labute approximate surface area is 111 Å². The van der Waals surface area contributed by atoms with Crippen molar-refractivity contribution in [1.82, 2.24) is 15.3 Å². The van der Waals surface area contributed by atoms with Gasteiger partial charge in [0.15, 0.2) is 5.69 Å². The van der Waals surface area contributed by atoms with Crippen molar-refractivity contribution in [2.45, 2.75) is 0 Å². The summed E-state index contributed by atoms with van der Waals surface area (Å²) in [4.78, 5) is 29.8. The fourth-order valence-corrected chi connectivity index (χ4v) is 1.97. The maximum atomic E-state index is 11.6. The van der Waals surface area contributed by atoms with Crippen molar-refractivity contribution in [1.29, 1.82) is 0 Å². The number of carbonyl (C=O) groups is 2. The Kier molecular flexibility index (Phi) is 3.71. The van der Waals surface area contributed by atoms with E-state index in [0.29, 0.717) is 10.6 Å². The number of nitrogens with one attached hydrogen (secondary N) is 1. The number of hydrogen-bond donors (Lipinski definition) is 3. The lowest BCUT2D eigenvalue weighted by Gasteiger charge is -2.05. The summed E-state index contributed by atoms with van der Waals surface area (Å²) < 4.78 is 0. The SMILES string of the molecule is O=C(O)CNC(=O)c1ncc(-c2nccs2)cc1O. The molecule has 19 heavy (non-hydrogen) atoms. The van der Waals surface area contributed by atoms with Gasteiger partial charge in [-0.05, 0) is 6.07 Å². The molecule has 0 aliphatic rings. The highest BCUT2D eigenvalue weighted by Gasteiger charge is 2.15. The lowest BCUT2D eigenvalue weighted by atomic mass is 10.2. The van der Waals surface area contributed by atoms with Gasteiger partial charge in [-0.25, -0.2) is 9.97 Å². The Morgan fingerprint density at radius 2 is 2.16 bits per heavy atom. The Hall–Kier alpha value is -2.48. The number of hydrogen-bond acceptors (Lipinski definition) is 6. The van der Waals surface area contributed by atoms with Crippen molar-refractivity contribution in [2.24, 2.45) is 0 Å². The molecule has 2 aromatic rings. The van der Waals surface area contributed by atoms with Gasteiger partial charge >= 0.3 is 5.97 Å². The Morgan fingerprint density at radius 3 is 2.74 bits per heavy atom. The number of aromatic nitrogens is 2. The molecule has 0 fully saturated rings. The average Bonchev–Trinajstić information content (AvgIpc) is 2.89. The molecule has 7 nitrogen and oxygen atoms in total. The number of carboxylic acid groups (broad SMARTS) is 1. The van der Waals surface area contributed by atoms with Crippen LogP contribution in [0.25, 0.3) is 10.6 Å². The van der Waals surface area contributed by atoms with Crippen molar-refractivity contribution in [3.05, 3.63) is 29.5 Å². The molecule has 98 valence electrons. The normalized spacial score (nSPS) is 10.1. The quantitative estimate of drug-likeness (QED) is 0.760. The van der Waals surface area contributed by atoms with Crippen LogP contribution in [0.3, 0.4) is 0 Å². The van der Waals surface area contributed by atoms with Gasteiger partial charge in [-0.1, -0.05) is 0 Å². The summed E-state index contributed by atoms with van der Waals surface area (Å²) in [7, 11) is 0. The molecule has 2 rings (SSSR count). The Bertz CT molecular complexity index is 612. The molecule has 0 saturated heterocycles. The van der Waals surface area contributed by atoms with Gasteiger partial charge in [0.05, 0.1) is 0 Å². The van der Waals surface area contributed by atoms with Gasteiger partial charge in [0.25, 0.3) is 5.91 Å². The van der Waals surface area contributed by atoms with E-state index >= 15 is 0 Å². The average molecular weight is 279 g/mol. The first-order chi connectivity index (χ1) is 9.08. The number of rotatable bonds is 4. The first kappa shape index (κ1) is 13.0. The summed E-state index contributed by atoms with van der Waals surface area (Å²) in [5, 5.41) is 22.7. The van der Waals surface area contributed by atoms with Gasteiger partial charge in [-0.15, -0.1) is 11.3 Å². The minimum absolute atomic E-state index is 0.221. The van der Waals surface area contributed by atoms with Crippen LogP contribution in [0.15, 0.2) is 23.8 Å². The molecule has 0 atom stereocenters. The largest absolute Gasteiger partial charge is 0.505 e. The summed E-state index contributed by atoms with van der Waals surface area (Å²) in [5.74, 6) is -2.24. The number of nitrogens with zero attached hydrogens (tertiary/aromatic N) is 2. The van der Waals surface area contributed by atoms with E-state index in [1.165, 1.54) is 23.6 Å². The Morgan fingerprint density at radius 1 is 1.37 bits per heavy atom. The minimum Gasteiger partial charge on any atom is -0.505 e. The van der Waals surface area contributed by atoms with Crippen LogP contribution in [0.1, 0.15) is 10.5 Å². The molecule has 0 spiro atoms. The Balaban J connectivity index is 2.20. The summed E-state index contributed by atoms with van der Waals surface area (Å²) in [6.45, 7) is -0.534. The van der Waals surface area contributed by atoms with Crippen molar-refractivity contribution >= 4 is 23.2 Å². The second-order valence-corrected chi connectivity index (χ2v) is 4.40. The highest BCUT2D eigenvalue weighted by molar-refractivity contribution is 7.13. The predicted octanol–water partition coefficient (Wildman–Crippen LogP) is 0.725. The molecule has 0 aliphatic carbocycles. The highest BCUT2D eigenvalue weighted by atomic mass is 32.1. The zero-order valence-corrected chi connectivity index (χ0v) is 10.3. The number of amides is 1. The fourth-order valence-electron chi connectivity index (χ4n) is 1.35. The van der Waals surface area contributed by atoms with Gasteiger partial charge < -0.3 is 15.5 Å². The number of carbonyl (C=O) groups excluding carboxylic acids is 1. The third-order valence-electron chi connectivity index (χ3n) is 2.16. The van der Waals surface area contributed by atoms with Gasteiger partial charge in [0.2, 0.25) is 0 Å². The summed E-state index contributed by atoms with van der Waals surface area (Å²) in [6, 6.07) is 1.36. The zero-order valence-electron chi connectivity index (χ0n) is 9.53. The summed E-state index contributed by atoms with van der Waals surface area (Å²) >= 11 is 1.37. The number of thiazole rings is 1. The maximum Gasteiger partial charge on any atom is 0.322 e. The van der Waals surface area contributed by atoms with E-state index in [0.717, 1.165) is 0 Å². The maximum absolute atomic E-state index is 11.6. The molecule has 2 aromatic heterocycles. The van der Waals surface area contributed by atoms with Crippen LogP contribution in [-0.4, -0.2) is 38.6 Å². The van der Waals surface area contributed by atoms with Crippen molar-refractivity contribution in [3.63, 3.8) is 0 Å². The monoisotopic (exact) mass is 279 g/mol. The lowest BCUT2D eigenvalue weighted by Crippen LogP contribution is -2.29. The van der Waals surface area contributed by atoms with Gasteiger partial charge in [0, 0.05) is 23.3 Å². The molecule has 0 bridgehead atoms. The van der Waals surface area contributed by atoms with E-state index in [-0.39, 0.29) is 11.4 Å². The van der Waals surface area contributed by atoms with E-state index in [9.17, 15) is 14.7 Å². The summed E-state index contributed by atoms with van der Waals surface area (Å²) in [6.07, 6.45) is 3.01. The molecular weight excluding hydrogens is 270 g/mol. The third kappa shape index (κ3) is 3.05. The summed E-state index contributed by atoms with van der Waals surface area (Å²) in [5.41, 5.74) is 0.365. The van der Waals surface area contributed by atoms with Crippen molar-refractivity contribution < 1.29 is 19.8 Å². The predicted molar refractivity (Wildman–Crippen MR) is 67.0 cm³/mol. The smallest absolute Gasteiger partial charge is 0.322 e. The number of pyridine rings is 1. The number of aliphatic carboxylic acids is 1. The van der Waals surface area contributed by atoms with Crippen LogP contribution in [0.2, 0.25) is 0 Å². The molecule has 8 heteroatoms. The fraction of sp³-hybridized carbons (Fsp3) is 0.0909. The van der Waals surface area contributed by atoms with E-state index in [1.54, 1.807) is 11.6 Å². The molecule has 2 heterocycles. The lowest BCUT2D eigenvalue weighted by molar-refractivity contribution is -0.135. The first-order valence-electron chi connectivity index (χ1n) is 5.17. The molecule has 0 aliphatic heterocycles. The number of aromatic hydroxyl groups is 1. The molecule has 0 aromatic carbocycles. The standard InChI is InChI=1S/C11H9N3O4S/c15-7-3-6(11-12-1-2-19-11)4-13-9(7)10(18)14-5-8(16)17/h1-4,15H,5H2,(H,14,18)(H,16,17). The zero-order chi connectivity index (χ0) is 13.8. The van der Waals surface area contributed by atoms with Crippen LogP contribution in [0.5, 0.6) is 5.75 Å². The molecule has 3 N–H and O–H groups in total. The minimum atomic E-state index is -1.17. The second kappa shape index (κ2) is 5.44. The molecule has 1 amide bonds. The first-order valence-corrected chi connectivity index (χ1v) is 6.05. The van der Waals surface area contributed by atoms with Gasteiger partial charge in [-0.2, -0.15) is 0 Å².